The van der Waals surface area contributed by atoms with Gasteiger partial charge in [-0.25, -0.2) is 0 Å². The van der Waals surface area contributed by atoms with Crippen molar-refractivity contribution < 1.29 is 29.2 Å². The van der Waals surface area contributed by atoms with Gasteiger partial charge < -0.3 is 29.2 Å². The van der Waals surface area contributed by atoms with Crippen molar-refractivity contribution in [3.05, 3.63) is 40.6 Å². The second-order valence-electron chi connectivity index (χ2n) is 5.05. The molecule has 0 aliphatic rings. The molecule has 3 aromatic rings. The molecule has 0 saturated heterocycles. The standard InChI is InChI=1S/C17H16O7/c18-3-5-22-10-1-2-12-14(8-10)24-15-9-11(23-6-4-19)7-13(20)16(15)17(12)21/h1-2,7-9,18-20H,3-6H2. The fourth-order valence-corrected chi connectivity index (χ4v) is 2.41. The maximum absolute atomic E-state index is 12.6. The first-order valence-electron chi connectivity index (χ1n) is 7.35. The molecule has 0 unspecified atom stereocenters. The molecule has 2 aromatic carbocycles. The highest BCUT2D eigenvalue weighted by Crippen LogP contribution is 2.31. The Morgan fingerprint density at radius 1 is 0.917 bits per heavy atom. The van der Waals surface area contributed by atoms with Crippen molar-refractivity contribution in [3.63, 3.8) is 0 Å². The molecule has 0 spiro atoms. The Hall–Kier alpha value is -2.77. The highest BCUT2D eigenvalue weighted by Gasteiger charge is 2.14. The van der Waals surface area contributed by atoms with Crippen molar-refractivity contribution in [2.45, 2.75) is 0 Å². The first kappa shape index (κ1) is 16.1. The topological polar surface area (TPSA) is 109 Å². The van der Waals surface area contributed by atoms with Gasteiger partial charge >= 0.3 is 0 Å². The monoisotopic (exact) mass is 332 g/mol. The van der Waals surface area contributed by atoms with Gasteiger partial charge in [0.1, 0.15) is 47.0 Å². The molecule has 7 nitrogen and oxygen atoms in total. The highest BCUT2D eigenvalue weighted by molar-refractivity contribution is 5.94. The summed E-state index contributed by atoms with van der Waals surface area (Å²) in [5, 5.41) is 28.1. The minimum atomic E-state index is -0.369. The normalized spacial score (nSPS) is 11.1. The number of rotatable bonds is 6. The molecular formula is C17H16O7. The zero-order valence-corrected chi connectivity index (χ0v) is 12.7. The minimum Gasteiger partial charge on any atom is -0.507 e. The Bertz CT molecular complexity index is 930. The molecule has 7 heteroatoms. The molecule has 0 atom stereocenters. The largest absolute Gasteiger partial charge is 0.507 e. The van der Waals surface area contributed by atoms with Crippen LogP contribution in [0.2, 0.25) is 0 Å². The summed E-state index contributed by atoms with van der Waals surface area (Å²) in [6.07, 6.45) is 0. The third kappa shape index (κ3) is 2.99. The smallest absolute Gasteiger partial charge is 0.204 e. The lowest BCUT2D eigenvalue weighted by Gasteiger charge is -2.09. The van der Waals surface area contributed by atoms with E-state index in [1.54, 1.807) is 18.2 Å². The number of ether oxygens (including phenoxy) is 2. The van der Waals surface area contributed by atoms with Crippen molar-refractivity contribution in [2.75, 3.05) is 26.4 Å². The number of aliphatic hydroxyl groups is 2. The molecule has 1 heterocycles. The van der Waals surface area contributed by atoms with Gasteiger partial charge in [-0.3, -0.25) is 4.79 Å². The Kier molecular flexibility index (Phi) is 4.54. The molecule has 0 radical (unpaired) electrons. The van der Waals surface area contributed by atoms with E-state index < -0.39 is 0 Å². The third-order valence-electron chi connectivity index (χ3n) is 3.42. The first-order chi connectivity index (χ1) is 11.6. The van der Waals surface area contributed by atoms with Gasteiger partial charge in [0.15, 0.2) is 0 Å². The van der Waals surface area contributed by atoms with Crippen LogP contribution in [0, 0.1) is 0 Å². The van der Waals surface area contributed by atoms with E-state index in [1.165, 1.54) is 12.1 Å². The van der Waals surface area contributed by atoms with Crippen LogP contribution in [0.3, 0.4) is 0 Å². The summed E-state index contributed by atoms with van der Waals surface area (Å²) < 4.78 is 16.3. The maximum Gasteiger partial charge on any atom is 0.204 e. The minimum absolute atomic E-state index is 0.0574. The van der Waals surface area contributed by atoms with Gasteiger partial charge in [-0.1, -0.05) is 0 Å². The summed E-state index contributed by atoms with van der Waals surface area (Å²) in [6.45, 7) is -0.115. The molecule has 0 aliphatic heterocycles. The number of phenolic OH excluding ortho intramolecular Hbond substituents is 1. The molecule has 3 rings (SSSR count). The molecule has 24 heavy (non-hydrogen) atoms. The fraction of sp³-hybridized carbons (Fsp3) is 0.235. The van der Waals surface area contributed by atoms with Gasteiger partial charge in [0.05, 0.1) is 18.6 Å². The predicted octanol–water partition coefficient (Wildman–Crippen LogP) is 1.39. The van der Waals surface area contributed by atoms with Crippen LogP contribution >= 0.6 is 0 Å². The van der Waals surface area contributed by atoms with Crippen molar-refractivity contribution in [3.8, 4) is 17.2 Å². The number of hydrogen-bond donors (Lipinski definition) is 3. The van der Waals surface area contributed by atoms with Crippen molar-refractivity contribution in [1.82, 2.24) is 0 Å². The van der Waals surface area contributed by atoms with E-state index in [4.69, 9.17) is 24.1 Å². The molecule has 0 bridgehead atoms. The lowest BCUT2D eigenvalue weighted by atomic mass is 10.1. The Morgan fingerprint density at radius 2 is 1.58 bits per heavy atom. The number of aromatic hydroxyl groups is 1. The van der Waals surface area contributed by atoms with Crippen LogP contribution in [0.25, 0.3) is 21.9 Å². The van der Waals surface area contributed by atoms with Gasteiger partial charge in [0.25, 0.3) is 0 Å². The zero-order chi connectivity index (χ0) is 17.1. The van der Waals surface area contributed by atoms with E-state index in [0.717, 1.165) is 0 Å². The summed E-state index contributed by atoms with van der Waals surface area (Å²) in [5.74, 6) is 0.483. The second-order valence-corrected chi connectivity index (χ2v) is 5.05. The SMILES string of the molecule is O=c1c2ccc(OCCO)cc2oc2cc(OCCO)cc(O)c12. The summed E-state index contributed by atoms with van der Waals surface area (Å²) in [6, 6.07) is 7.47. The number of aliphatic hydroxyl groups excluding tert-OH is 2. The molecule has 126 valence electrons. The Labute approximate surface area is 136 Å². The lowest BCUT2D eigenvalue weighted by molar-refractivity contribution is 0.201. The second kappa shape index (κ2) is 6.77. The number of fused-ring (bicyclic) bond motifs is 2. The molecule has 3 N–H and O–H groups in total. The number of hydrogen-bond acceptors (Lipinski definition) is 7. The lowest BCUT2D eigenvalue weighted by Crippen LogP contribution is -2.05. The fourth-order valence-electron chi connectivity index (χ4n) is 2.41. The first-order valence-corrected chi connectivity index (χ1v) is 7.35. The van der Waals surface area contributed by atoms with Crippen LogP contribution in [0.5, 0.6) is 17.2 Å². The summed E-state index contributed by atoms with van der Waals surface area (Å²) in [5.41, 5.74) is 0.0903. The molecule has 0 saturated carbocycles. The Morgan fingerprint density at radius 3 is 2.29 bits per heavy atom. The Balaban J connectivity index is 2.16. The summed E-state index contributed by atoms with van der Waals surface area (Å²) in [4.78, 5) is 12.6. The van der Waals surface area contributed by atoms with Crippen LogP contribution in [0.1, 0.15) is 0 Å². The van der Waals surface area contributed by atoms with Gasteiger partial charge in [0.2, 0.25) is 5.43 Å². The van der Waals surface area contributed by atoms with Crippen molar-refractivity contribution in [1.29, 1.82) is 0 Å². The van der Waals surface area contributed by atoms with Crippen molar-refractivity contribution in [2.24, 2.45) is 0 Å². The molecule has 0 fully saturated rings. The van der Waals surface area contributed by atoms with Crippen molar-refractivity contribution >= 4 is 21.9 Å². The van der Waals surface area contributed by atoms with E-state index in [2.05, 4.69) is 0 Å². The van der Waals surface area contributed by atoms with E-state index in [1.807, 2.05) is 0 Å². The molecular weight excluding hydrogens is 316 g/mol. The predicted molar refractivity (Wildman–Crippen MR) is 86.8 cm³/mol. The van der Waals surface area contributed by atoms with E-state index in [0.29, 0.717) is 16.7 Å². The molecule has 1 aromatic heterocycles. The van der Waals surface area contributed by atoms with Crippen LogP contribution in [0.4, 0.5) is 0 Å². The highest BCUT2D eigenvalue weighted by atomic mass is 16.5. The summed E-state index contributed by atoms with van der Waals surface area (Å²) >= 11 is 0. The van der Waals surface area contributed by atoms with Crippen LogP contribution < -0.4 is 14.9 Å². The molecule has 0 amide bonds. The van der Waals surface area contributed by atoms with Crippen LogP contribution in [0.15, 0.2) is 39.5 Å². The van der Waals surface area contributed by atoms with Gasteiger partial charge in [-0.2, -0.15) is 0 Å². The van der Waals surface area contributed by atoms with E-state index in [9.17, 15) is 9.90 Å². The number of phenols is 1. The number of benzene rings is 2. The zero-order valence-electron chi connectivity index (χ0n) is 12.7. The maximum atomic E-state index is 12.6. The van der Waals surface area contributed by atoms with Crippen LogP contribution in [-0.2, 0) is 0 Å². The van der Waals surface area contributed by atoms with E-state index >= 15 is 0 Å². The van der Waals surface area contributed by atoms with E-state index in [-0.39, 0.29) is 54.3 Å². The third-order valence-corrected chi connectivity index (χ3v) is 3.42. The van der Waals surface area contributed by atoms with Crippen LogP contribution in [-0.4, -0.2) is 41.7 Å². The quantitative estimate of drug-likeness (QED) is 0.585. The molecule has 0 aliphatic carbocycles. The van der Waals surface area contributed by atoms with Gasteiger partial charge in [-0.05, 0) is 12.1 Å². The average Bonchev–Trinajstić information content (AvgIpc) is 2.57. The van der Waals surface area contributed by atoms with Gasteiger partial charge in [0, 0.05) is 18.2 Å². The average molecular weight is 332 g/mol. The summed E-state index contributed by atoms with van der Waals surface area (Å²) in [7, 11) is 0. The van der Waals surface area contributed by atoms with Gasteiger partial charge in [-0.15, -0.1) is 0 Å².